The highest BCUT2D eigenvalue weighted by Gasteiger charge is 2.38. The number of aliphatic carboxylic acids is 1. The quantitative estimate of drug-likeness (QED) is 0.678. The first-order valence-corrected chi connectivity index (χ1v) is 7.30. The lowest BCUT2D eigenvalue weighted by molar-refractivity contribution is -0.144. The maximum Gasteiger partial charge on any atom is 0.326 e. The van der Waals surface area contributed by atoms with Crippen molar-refractivity contribution in [3.05, 3.63) is 34.7 Å². The molecular weight excluding hydrogens is 310 g/mol. The number of ether oxygens (including phenoxy) is 1. The average molecular weight is 323 g/mol. The monoisotopic (exact) mass is 323 g/mol. The van der Waals surface area contributed by atoms with Crippen molar-refractivity contribution in [2.45, 2.75) is 13.0 Å². The summed E-state index contributed by atoms with van der Waals surface area (Å²) in [6, 6.07) is 6.25. The van der Waals surface area contributed by atoms with Crippen molar-refractivity contribution in [3.63, 3.8) is 0 Å². The fraction of sp³-hybridized carbons (Fsp3) is 0.214. The minimum Gasteiger partial charge on any atom is -0.497 e. The van der Waals surface area contributed by atoms with Crippen LogP contribution in [0.15, 0.2) is 29.2 Å². The third-order valence-corrected chi connectivity index (χ3v) is 4.29. The van der Waals surface area contributed by atoms with Crippen LogP contribution in [0.25, 0.3) is 6.08 Å². The molecule has 110 valence electrons. The van der Waals surface area contributed by atoms with Gasteiger partial charge in [0.2, 0.25) is 0 Å². The van der Waals surface area contributed by atoms with Gasteiger partial charge in [0.1, 0.15) is 16.1 Å². The number of hydrogen-bond donors (Lipinski definition) is 1. The number of thiocarbonyl (C=S) groups is 1. The van der Waals surface area contributed by atoms with E-state index in [9.17, 15) is 9.59 Å². The summed E-state index contributed by atoms with van der Waals surface area (Å²) in [4.78, 5) is 24.8. The smallest absolute Gasteiger partial charge is 0.326 e. The number of benzene rings is 1. The van der Waals surface area contributed by atoms with Crippen LogP contribution in [-0.2, 0) is 9.59 Å². The van der Waals surface area contributed by atoms with Crippen molar-refractivity contribution >= 4 is 46.3 Å². The van der Waals surface area contributed by atoms with Crippen LogP contribution in [0.3, 0.4) is 0 Å². The molecule has 1 amide bonds. The fourth-order valence-electron chi connectivity index (χ4n) is 1.81. The van der Waals surface area contributed by atoms with Gasteiger partial charge in [0.25, 0.3) is 5.91 Å². The zero-order chi connectivity index (χ0) is 15.6. The predicted octanol–water partition coefficient (Wildman–Crippen LogP) is 2.37. The molecule has 0 unspecified atom stereocenters. The summed E-state index contributed by atoms with van der Waals surface area (Å²) in [6.07, 6.45) is 1.68. The second-order valence-corrected chi connectivity index (χ2v) is 6.02. The van der Waals surface area contributed by atoms with Gasteiger partial charge in [-0.15, -0.1) is 0 Å². The van der Waals surface area contributed by atoms with E-state index < -0.39 is 12.0 Å². The molecule has 1 saturated heterocycles. The molecule has 1 aliphatic rings. The molecule has 1 aromatic carbocycles. The van der Waals surface area contributed by atoms with E-state index in [2.05, 4.69) is 0 Å². The topological polar surface area (TPSA) is 66.8 Å². The molecular formula is C14H13NO4S2. The lowest BCUT2D eigenvalue weighted by Crippen LogP contribution is -2.41. The molecule has 0 radical (unpaired) electrons. The maximum absolute atomic E-state index is 12.3. The molecule has 1 heterocycles. The number of carboxylic acids is 1. The van der Waals surface area contributed by atoms with Crippen LogP contribution in [-0.4, -0.2) is 39.4 Å². The lowest BCUT2D eigenvalue weighted by atomic mass is 10.2. The van der Waals surface area contributed by atoms with Gasteiger partial charge in [0.05, 0.1) is 12.0 Å². The standard InChI is InChI=1S/C14H13NO4S2/c1-8(13(17)18)15-12(16)11(21-14(15)20)7-9-4-3-5-10(6-9)19-2/h3-8H,1-2H3,(H,17,18)/b11-7-/t8-/m1/s1. The van der Waals surface area contributed by atoms with E-state index in [4.69, 9.17) is 22.1 Å². The van der Waals surface area contributed by atoms with Gasteiger partial charge < -0.3 is 9.84 Å². The SMILES string of the molecule is COc1cccc(/C=C2\SC(=S)N([C@H](C)C(=O)O)C2=O)c1. The summed E-state index contributed by atoms with van der Waals surface area (Å²) in [5.74, 6) is -0.796. The summed E-state index contributed by atoms with van der Waals surface area (Å²) in [5.41, 5.74) is 0.790. The van der Waals surface area contributed by atoms with Crippen molar-refractivity contribution in [1.82, 2.24) is 4.90 Å². The number of carbonyl (C=O) groups is 2. The van der Waals surface area contributed by atoms with Gasteiger partial charge in [-0.25, -0.2) is 4.79 Å². The highest BCUT2D eigenvalue weighted by atomic mass is 32.2. The molecule has 7 heteroatoms. The Morgan fingerprint density at radius 3 is 2.86 bits per heavy atom. The number of rotatable bonds is 4. The molecule has 1 N–H and O–H groups in total. The van der Waals surface area contributed by atoms with Crippen LogP contribution < -0.4 is 4.74 Å². The highest BCUT2D eigenvalue weighted by Crippen LogP contribution is 2.34. The molecule has 0 spiro atoms. The normalized spacial score (nSPS) is 18.2. The molecule has 0 aromatic heterocycles. The summed E-state index contributed by atoms with van der Waals surface area (Å²) in [6.45, 7) is 1.43. The van der Waals surface area contributed by atoms with E-state index in [1.807, 2.05) is 12.1 Å². The summed E-state index contributed by atoms with van der Waals surface area (Å²) in [7, 11) is 1.56. The third kappa shape index (κ3) is 3.25. The lowest BCUT2D eigenvalue weighted by Gasteiger charge is -2.18. The van der Waals surface area contributed by atoms with E-state index in [-0.39, 0.29) is 10.2 Å². The Morgan fingerprint density at radius 2 is 2.24 bits per heavy atom. The van der Waals surface area contributed by atoms with E-state index in [1.54, 1.807) is 25.3 Å². The molecule has 1 aliphatic heterocycles. The van der Waals surface area contributed by atoms with Crippen molar-refractivity contribution < 1.29 is 19.4 Å². The largest absolute Gasteiger partial charge is 0.497 e. The second kappa shape index (κ2) is 6.28. The number of amides is 1. The van der Waals surface area contributed by atoms with Gasteiger partial charge in [-0.05, 0) is 30.7 Å². The van der Waals surface area contributed by atoms with E-state index in [0.29, 0.717) is 10.7 Å². The molecule has 0 aliphatic carbocycles. The van der Waals surface area contributed by atoms with Crippen LogP contribution in [0, 0.1) is 0 Å². The number of methoxy groups -OCH3 is 1. The number of hydrogen-bond acceptors (Lipinski definition) is 5. The Hall–Kier alpha value is -1.86. The Kier molecular flexibility index (Phi) is 4.64. The Bertz CT molecular complexity index is 642. The van der Waals surface area contributed by atoms with Crippen LogP contribution in [0.5, 0.6) is 5.75 Å². The summed E-state index contributed by atoms with van der Waals surface area (Å²) in [5, 5.41) is 9.02. The molecule has 0 saturated carbocycles. The van der Waals surface area contributed by atoms with Crippen LogP contribution in [0.1, 0.15) is 12.5 Å². The first-order chi connectivity index (χ1) is 9.93. The van der Waals surface area contributed by atoms with E-state index in [0.717, 1.165) is 22.2 Å². The molecule has 5 nitrogen and oxygen atoms in total. The predicted molar refractivity (Wildman–Crippen MR) is 85.1 cm³/mol. The van der Waals surface area contributed by atoms with Crippen LogP contribution >= 0.6 is 24.0 Å². The molecule has 21 heavy (non-hydrogen) atoms. The first-order valence-electron chi connectivity index (χ1n) is 6.08. The van der Waals surface area contributed by atoms with Gasteiger partial charge in [-0.1, -0.05) is 36.1 Å². The maximum atomic E-state index is 12.3. The molecule has 0 bridgehead atoms. The van der Waals surface area contributed by atoms with Crippen molar-refractivity contribution in [2.24, 2.45) is 0 Å². The van der Waals surface area contributed by atoms with Gasteiger partial charge in [-0.3, -0.25) is 9.69 Å². The fourth-order valence-corrected chi connectivity index (χ4v) is 3.23. The minimum atomic E-state index is -1.09. The van der Waals surface area contributed by atoms with Gasteiger partial charge in [0.15, 0.2) is 0 Å². The average Bonchev–Trinajstić information content (AvgIpc) is 2.73. The summed E-state index contributed by atoms with van der Waals surface area (Å²) < 4.78 is 5.38. The van der Waals surface area contributed by atoms with E-state index >= 15 is 0 Å². The van der Waals surface area contributed by atoms with Crippen LogP contribution in [0.2, 0.25) is 0 Å². The molecule has 2 rings (SSSR count). The molecule has 1 atom stereocenters. The molecule has 1 fully saturated rings. The van der Waals surface area contributed by atoms with Crippen molar-refractivity contribution in [1.29, 1.82) is 0 Å². The van der Waals surface area contributed by atoms with E-state index in [1.165, 1.54) is 6.92 Å². The number of carboxylic acid groups (broad SMARTS) is 1. The summed E-state index contributed by atoms with van der Waals surface area (Å²) >= 11 is 6.19. The van der Waals surface area contributed by atoms with Gasteiger partial charge in [-0.2, -0.15) is 0 Å². The Labute approximate surface area is 131 Å². The number of nitrogens with zero attached hydrogens (tertiary/aromatic N) is 1. The van der Waals surface area contributed by atoms with Crippen molar-refractivity contribution in [3.8, 4) is 5.75 Å². The van der Waals surface area contributed by atoms with Gasteiger partial charge >= 0.3 is 5.97 Å². The second-order valence-electron chi connectivity index (χ2n) is 4.34. The minimum absolute atomic E-state index is 0.254. The Morgan fingerprint density at radius 1 is 1.52 bits per heavy atom. The zero-order valence-corrected chi connectivity index (χ0v) is 13.0. The van der Waals surface area contributed by atoms with Crippen molar-refractivity contribution in [2.75, 3.05) is 7.11 Å². The highest BCUT2D eigenvalue weighted by molar-refractivity contribution is 8.26. The Balaban J connectivity index is 2.29. The number of thioether (sulfide) groups is 1. The third-order valence-electron chi connectivity index (χ3n) is 2.96. The first kappa shape index (κ1) is 15.5. The number of carbonyl (C=O) groups excluding carboxylic acids is 1. The van der Waals surface area contributed by atoms with Gasteiger partial charge in [0, 0.05) is 0 Å². The molecule has 1 aromatic rings. The van der Waals surface area contributed by atoms with Crippen LogP contribution in [0.4, 0.5) is 0 Å². The zero-order valence-electron chi connectivity index (χ0n) is 11.4.